The topological polar surface area (TPSA) is 87.6 Å². The number of carbonyl (C=O) groups is 1. The highest BCUT2D eigenvalue weighted by Crippen LogP contribution is 2.16. The number of aliphatic hydroxyl groups excluding tert-OH is 1. The number of carbonyl (C=O) groups excluding carboxylic acids is 1. The Bertz CT molecular complexity index is 440. The molecule has 0 unspecified atom stereocenters. The number of piperidine rings is 1. The fourth-order valence-corrected chi connectivity index (χ4v) is 2.62. The number of rotatable bonds is 5. The molecule has 2 heterocycles. The number of aliphatic hydroxyl groups is 1. The lowest BCUT2D eigenvalue weighted by Crippen LogP contribution is -2.48. The molecule has 0 aliphatic carbocycles. The number of nitrogens with zero attached hydrogens (tertiary/aromatic N) is 4. The van der Waals surface area contributed by atoms with Crippen molar-refractivity contribution in [3.8, 4) is 0 Å². The average molecular weight is 281 g/mol. The van der Waals surface area contributed by atoms with E-state index >= 15 is 0 Å². The molecule has 1 aliphatic heterocycles. The standard InChI is InChI=1S/C13H23N5O2/c1-16-4-2-12(3-5-16)18(6-7-19)13(20)10-17-9-11(14)8-15-17/h8-9,12,19H,2-7,10,14H2,1H3. The van der Waals surface area contributed by atoms with Crippen molar-refractivity contribution in [2.75, 3.05) is 39.0 Å². The molecular formula is C13H23N5O2. The van der Waals surface area contributed by atoms with Gasteiger partial charge >= 0.3 is 0 Å². The Morgan fingerprint density at radius 1 is 1.55 bits per heavy atom. The summed E-state index contributed by atoms with van der Waals surface area (Å²) in [4.78, 5) is 16.4. The van der Waals surface area contributed by atoms with Crippen LogP contribution in [0.1, 0.15) is 12.8 Å². The van der Waals surface area contributed by atoms with Gasteiger partial charge < -0.3 is 20.6 Å². The molecule has 1 fully saturated rings. The van der Waals surface area contributed by atoms with E-state index in [0.29, 0.717) is 12.2 Å². The molecule has 3 N–H and O–H groups in total. The van der Waals surface area contributed by atoms with E-state index in [1.54, 1.807) is 11.1 Å². The maximum Gasteiger partial charge on any atom is 0.244 e. The summed E-state index contributed by atoms with van der Waals surface area (Å²) in [6.45, 7) is 2.50. The van der Waals surface area contributed by atoms with Gasteiger partial charge in [-0.3, -0.25) is 9.48 Å². The van der Waals surface area contributed by atoms with Gasteiger partial charge in [0.05, 0.1) is 18.5 Å². The van der Waals surface area contributed by atoms with Gasteiger partial charge in [0.2, 0.25) is 5.91 Å². The lowest BCUT2D eigenvalue weighted by atomic mass is 10.0. The molecule has 0 radical (unpaired) electrons. The first-order valence-electron chi connectivity index (χ1n) is 6.97. The average Bonchev–Trinajstić information content (AvgIpc) is 2.82. The van der Waals surface area contributed by atoms with Gasteiger partial charge in [0.1, 0.15) is 6.54 Å². The third-order valence-corrected chi connectivity index (χ3v) is 3.74. The zero-order valence-corrected chi connectivity index (χ0v) is 11.9. The van der Waals surface area contributed by atoms with Crippen LogP contribution in [-0.4, -0.2) is 69.9 Å². The van der Waals surface area contributed by atoms with E-state index in [-0.39, 0.29) is 25.1 Å². The van der Waals surface area contributed by atoms with E-state index in [1.165, 1.54) is 10.9 Å². The molecule has 112 valence electrons. The molecule has 1 aliphatic rings. The second-order valence-corrected chi connectivity index (χ2v) is 5.32. The zero-order valence-electron chi connectivity index (χ0n) is 11.9. The van der Waals surface area contributed by atoms with E-state index in [9.17, 15) is 9.90 Å². The van der Waals surface area contributed by atoms with Gasteiger partial charge in [-0.15, -0.1) is 0 Å². The van der Waals surface area contributed by atoms with Crippen molar-refractivity contribution in [1.29, 1.82) is 0 Å². The van der Waals surface area contributed by atoms with Crippen LogP contribution in [0.2, 0.25) is 0 Å². The second kappa shape index (κ2) is 6.71. The molecule has 7 nitrogen and oxygen atoms in total. The molecule has 1 saturated heterocycles. The van der Waals surface area contributed by atoms with Crippen molar-refractivity contribution in [2.45, 2.75) is 25.4 Å². The van der Waals surface area contributed by atoms with Crippen LogP contribution in [0.5, 0.6) is 0 Å². The van der Waals surface area contributed by atoms with E-state index in [2.05, 4.69) is 17.0 Å². The number of likely N-dealkylation sites (tertiary alicyclic amines) is 1. The lowest BCUT2D eigenvalue weighted by Gasteiger charge is -2.37. The van der Waals surface area contributed by atoms with Gasteiger partial charge in [0.25, 0.3) is 0 Å². The SMILES string of the molecule is CN1CCC(N(CCO)C(=O)Cn2cc(N)cn2)CC1. The number of nitrogens with two attached hydrogens (primary N) is 1. The number of aromatic nitrogens is 2. The van der Waals surface area contributed by atoms with E-state index in [1.807, 2.05) is 0 Å². The summed E-state index contributed by atoms with van der Waals surface area (Å²) in [6.07, 6.45) is 5.07. The normalized spacial score (nSPS) is 17.3. The molecule has 7 heteroatoms. The summed E-state index contributed by atoms with van der Waals surface area (Å²) in [5.74, 6) is -0.0169. The van der Waals surface area contributed by atoms with Crippen LogP contribution >= 0.6 is 0 Å². The largest absolute Gasteiger partial charge is 0.396 e. The Morgan fingerprint density at radius 3 is 2.80 bits per heavy atom. The summed E-state index contributed by atoms with van der Waals surface area (Å²) < 4.78 is 1.54. The number of nitrogen functional groups attached to an aromatic ring is 1. The van der Waals surface area contributed by atoms with Crippen molar-refractivity contribution >= 4 is 11.6 Å². The molecular weight excluding hydrogens is 258 g/mol. The first kappa shape index (κ1) is 14.8. The maximum atomic E-state index is 12.4. The van der Waals surface area contributed by atoms with Crippen LogP contribution in [0.15, 0.2) is 12.4 Å². The zero-order chi connectivity index (χ0) is 14.5. The van der Waals surface area contributed by atoms with Crippen LogP contribution in [0.25, 0.3) is 0 Å². The number of anilines is 1. The number of hydrogen-bond acceptors (Lipinski definition) is 5. The highest BCUT2D eigenvalue weighted by atomic mass is 16.3. The lowest BCUT2D eigenvalue weighted by molar-refractivity contribution is -0.136. The molecule has 1 aromatic rings. The van der Waals surface area contributed by atoms with Crippen molar-refractivity contribution in [3.63, 3.8) is 0 Å². The first-order chi connectivity index (χ1) is 9.60. The Morgan fingerprint density at radius 2 is 2.25 bits per heavy atom. The quantitative estimate of drug-likeness (QED) is 0.751. The molecule has 0 spiro atoms. The molecule has 0 saturated carbocycles. The predicted molar refractivity (Wildman–Crippen MR) is 76.0 cm³/mol. The number of amides is 1. The Kier molecular flexibility index (Phi) is 4.97. The molecule has 0 aromatic carbocycles. The highest BCUT2D eigenvalue weighted by molar-refractivity contribution is 5.76. The van der Waals surface area contributed by atoms with Gasteiger partial charge in [0, 0.05) is 18.8 Å². The van der Waals surface area contributed by atoms with Crippen LogP contribution in [-0.2, 0) is 11.3 Å². The maximum absolute atomic E-state index is 12.4. The minimum atomic E-state index is -0.0169. The molecule has 0 bridgehead atoms. The van der Waals surface area contributed by atoms with Crippen molar-refractivity contribution in [3.05, 3.63) is 12.4 Å². The Hall–Kier alpha value is -1.60. The summed E-state index contributed by atoms with van der Waals surface area (Å²) in [5.41, 5.74) is 6.14. The Labute approximate surface area is 118 Å². The summed E-state index contributed by atoms with van der Waals surface area (Å²) in [5, 5.41) is 13.2. The van der Waals surface area contributed by atoms with E-state index in [4.69, 9.17) is 5.73 Å². The molecule has 0 atom stereocenters. The van der Waals surface area contributed by atoms with Crippen molar-refractivity contribution in [1.82, 2.24) is 19.6 Å². The van der Waals surface area contributed by atoms with Crippen LogP contribution in [0.3, 0.4) is 0 Å². The fourth-order valence-electron chi connectivity index (χ4n) is 2.62. The minimum Gasteiger partial charge on any atom is -0.396 e. The Balaban J connectivity index is 1.98. The van der Waals surface area contributed by atoms with Gasteiger partial charge in [-0.1, -0.05) is 0 Å². The van der Waals surface area contributed by atoms with E-state index < -0.39 is 0 Å². The van der Waals surface area contributed by atoms with Crippen LogP contribution in [0.4, 0.5) is 5.69 Å². The van der Waals surface area contributed by atoms with Crippen LogP contribution in [0, 0.1) is 0 Å². The molecule has 20 heavy (non-hydrogen) atoms. The van der Waals surface area contributed by atoms with Gasteiger partial charge in [-0.2, -0.15) is 5.10 Å². The summed E-state index contributed by atoms with van der Waals surface area (Å²) in [6, 6.07) is 0.207. The van der Waals surface area contributed by atoms with Gasteiger partial charge in [0.15, 0.2) is 0 Å². The number of hydrogen-bond donors (Lipinski definition) is 2. The second-order valence-electron chi connectivity index (χ2n) is 5.32. The van der Waals surface area contributed by atoms with Gasteiger partial charge in [-0.25, -0.2) is 0 Å². The molecule has 2 rings (SSSR count). The van der Waals surface area contributed by atoms with Crippen LogP contribution < -0.4 is 5.73 Å². The molecule has 1 aromatic heterocycles. The minimum absolute atomic E-state index is 0.0146. The predicted octanol–water partition coefficient (Wildman–Crippen LogP) is -0.620. The smallest absolute Gasteiger partial charge is 0.244 e. The van der Waals surface area contributed by atoms with Crippen molar-refractivity contribution in [2.24, 2.45) is 0 Å². The monoisotopic (exact) mass is 281 g/mol. The third-order valence-electron chi connectivity index (χ3n) is 3.74. The summed E-state index contributed by atoms with van der Waals surface area (Å²) >= 11 is 0. The third kappa shape index (κ3) is 3.71. The first-order valence-corrected chi connectivity index (χ1v) is 6.97. The van der Waals surface area contributed by atoms with E-state index in [0.717, 1.165) is 25.9 Å². The fraction of sp³-hybridized carbons (Fsp3) is 0.692. The van der Waals surface area contributed by atoms with Gasteiger partial charge in [-0.05, 0) is 33.0 Å². The highest BCUT2D eigenvalue weighted by Gasteiger charge is 2.26. The summed E-state index contributed by atoms with van der Waals surface area (Å²) in [7, 11) is 2.08. The van der Waals surface area contributed by atoms with Crippen molar-refractivity contribution < 1.29 is 9.90 Å². The molecule has 1 amide bonds.